The van der Waals surface area contributed by atoms with E-state index in [0.29, 0.717) is 11.0 Å². The average molecular weight is 276 g/mol. The van der Waals surface area contributed by atoms with Crippen LogP contribution in [0.5, 0.6) is 0 Å². The van der Waals surface area contributed by atoms with Crippen LogP contribution in [0.2, 0.25) is 0 Å². The van der Waals surface area contributed by atoms with Crippen LogP contribution in [0.4, 0.5) is 5.82 Å². The summed E-state index contributed by atoms with van der Waals surface area (Å²) in [7, 11) is 0. The van der Waals surface area contributed by atoms with Crippen molar-refractivity contribution in [1.82, 2.24) is 9.88 Å². The summed E-state index contributed by atoms with van der Waals surface area (Å²) in [4.78, 5) is 7.53. The van der Waals surface area contributed by atoms with E-state index in [1.807, 2.05) is 19.1 Å². The molecule has 2 heterocycles. The van der Waals surface area contributed by atoms with Crippen molar-refractivity contribution < 1.29 is 0 Å². The third kappa shape index (κ3) is 2.87. The van der Waals surface area contributed by atoms with E-state index in [2.05, 4.69) is 15.2 Å². The molecule has 0 aromatic carbocycles. The molecular weight excluding hydrogens is 256 g/mol. The number of nitrogens with zero attached hydrogens (tertiary/aromatic N) is 2. The van der Waals surface area contributed by atoms with Crippen molar-refractivity contribution in [3.05, 3.63) is 23.4 Å². The van der Waals surface area contributed by atoms with Gasteiger partial charge in [-0.2, -0.15) is 0 Å². The minimum atomic E-state index is 0.409. The first-order valence-corrected chi connectivity index (χ1v) is 7.32. The molecule has 1 aromatic heterocycles. The van der Waals surface area contributed by atoms with Gasteiger partial charge in [-0.1, -0.05) is 12.2 Å². The smallest absolute Gasteiger partial charge is 0.136 e. The minimum Gasteiger partial charge on any atom is -0.389 e. The Morgan fingerprint density at radius 1 is 1.42 bits per heavy atom. The molecule has 1 aromatic rings. The largest absolute Gasteiger partial charge is 0.389 e. The van der Waals surface area contributed by atoms with Gasteiger partial charge in [0.05, 0.1) is 5.56 Å². The second-order valence-electron chi connectivity index (χ2n) is 5.57. The minimum absolute atomic E-state index is 0.409. The van der Waals surface area contributed by atoms with Crippen LogP contribution >= 0.6 is 12.2 Å². The number of hydrogen-bond donors (Lipinski definition) is 2. The van der Waals surface area contributed by atoms with Crippen molar-refractivity contribution >= 4 is 23.0 Å². The Balaban J connectivity index is 1.72. The van der Waals surface area contributed by atoms with Gasteiger partial charge < -0.3 is 11.1 Å². The molecule has 0 amide bonds. The Hall–Kier alpha value is -1.20. The van der Waals surface area contributed by atoms with E-state index in [0.717, 1.165) is 29.7 Å². The molecule has 2 aliphatic rings. The molecule has 1 aliphatic carbocycles. The molecule has 5 heteroatoms. The molecule has 1 saturated heterocycles. The van der Waals surface area contributed by atoms with Gasteiger partial charge in [-0.05, 0) is 38.3 Å². The Morgan fingerprint density at radius 2 is 2.21 bits per heavy atom. The number of rotatable bonds is 4. The topological polar surface area (TPSA) is 54.2 Å². The summed E-state index contributed by atoms with van der Waals surface area (Å²) in [5.41, 5.74) is 7.60. The van der Waals surface area contributed by atoms with Gasteiger partial charge in [0.1, 0.15) is 10.8 Å². The van der Waals surface area contributed by atoms with Gasteiger partial charge in [0.15, 0.2) is 0 Å². The number of aryl methyl sites for hydroxylation is 1. The van der Waals surface area contributed by atoms with Gasteiger partial charge in [-0.25, -0.2) is 4.98 Å². The molecule has 3 N–H and O–H groups in total. The number of nitrogens with two attached hydrogens (primary N) is 1. The molecule has 0 spiro atoms. The maximum Gasteiger partial charge on any atom is 0.136 e. The SMILES string of the molecule is Cc1ccc(C(N)=S)c(NC2CCN(C3CC3)C2)n1. The molecule has 4 nitrogen and oxygen atoms in total. The summed E-state index contributed by atoms with van der Waals surface area (Å²) in [6, 6.07) is 5.21. The summed E-state index contributed by atoms with van der Waals surface area (Å²) >= 11 is 5.10. The molecule has 19 heavy (non-hydrogen) atoms. The first-order valence-electron chi connectivity index (χ1n) is 6.91. The van der Waals surface area contributed by atoms with E-state index >= 15 is 0 Å². The normalized spacial score (nSPS) is 23.5. The van der Waals surface area contributed by atoms with Crippen LogP contribution in [0.3, 0.4) is 0 Å². The maximum atomic E-state index is 5.77. The fourth-order valence-electron chi connectivity index (χ4n) is 2.74. The number of anilines is 1. The number of aromatic nitrogens is 1. The second-order valence-corrected chi connectivity index (χ2v) is 6.01. The quantitative estimate of drug-likeness (QED) is 0.819. The number of thiocarbonyl (C=S) groups is 1. The lowest BCUT2D eigenvalue weighted by molar-refractivity contribution is 0.326. The van der Waals surface area contributed by atoms with E-state index in [1.54, 1.807) is 0 Å². The van der Waals surface area contributed by atoms with Gasteiger partial charge in [0, 0.05) is 30.9 Å². The molecule has 0 radical (unpaired) electrons. The van der Waals surface area contributed by atoms with E-state index in [1.165, 1.54) is 25.8 Å². The zero-order valence-electron chi connectivity index (χ0n) is 11.2. The van der Waals surface area contributed by atoms with Crippen molar-refractivity contribution in [2.75, 3.05) is 18.4 Å². The monoisotopic (exact) mass is 276 g/mol. The van der Waals surface area contributed by atoms with Crippen LogP contribution in [-0.2, 0) is 0 Å². The van der Waals surface area contributed by atoms with Gasteiger partial charge in [-0.3, -0.25) is 4.90 Å². The number of likely N-dealkylation sites (tertiary alicyclic amines) is 1. The molecule has 2 fully saturated rings. The van der Waals surface area contributed by atoms with Crippen LogP contribution in [-0.4, -0.2) is 40.0 Å². The van der Waals surface area contributed by atoms with Crippen LogP contribution in [0.15, 0.2) is 12.1 Å². The zero-order chi connectivity index (χ0) is 13.4. The Bertz CT molecular complexity index is 498. The van der Waals surface area contributed by atoms with Crippen molar-refractivity contribution in [2.45, 2.75) is 38.3 Å². The van der Waals surface area contributed by atoms with E-state index in [-0.39, 0.29) is 0 Å². The summed E-state index contributed by atoms with van der Waals surface area (Å²) in [5.74, 6) is 0.843. The van der Waals surface area contributed by atoms with Crippen LogP contribution in [0.25, 0.3) is 0 Å². The predicted octanol–water partition coefficient (Wildman–Crippen LogP) is 1.67. The van der Waals surface area contributed by atoms with Crippen molar-refractivity contribution in [2.24, 2.45) is 5.73 Å². The first kappa shape index (κ1) is 12.8. The number of nitrogens with one attached hydrogen (secondary N) is 1. The zero-order valence-corrected chi connectivity index (χ0v) is 12.0. The Morgan fingerprint density at radius 3 is 2.89 bits per heavy atom. The number of hydrogen-bond acceptors (Lipinski definition) is 4. The fraction of sp³-hybridized carbons (Fsp3) is 0.571. The summed E-state index contributed by atoms with van der Waals surface area (Å²) in [5, 5.41) is 3.52. The van der Waals surface area contributed by atoms with E-state index < -0.39 is 0 Å². The van der Waals surface area contributed by atoms with Crippen molar-refractivity contribution in [3.8, 4) is 0 Å². The lowest BCUT2D eigenvalue weighted by Crippen LogP contribution is -2.29. The highest BCUT2D eigenvalue weighted by Gasteiger charge is 2.34. The summed E-state index contributed by atoms with van der Waals surface area (Å²) < 4.78 is 0. The molecule has 1 unspecified atom stereocenters. The van der Waals surface area contributed by atoms with E-state index in [9.17, 15) is 0 Å². The maximum absolute atomic E-state index is 5.77. The molecule has 0 bridgehead atoms. The predicted molar refractivity (Wildman–Crippen MR) is 81.5 cm³/mol. The van der Waals surface area contributed by atoms with Gasteiger partial charge in [-0.15, -0.1) is 0 Å². The van der Waals surface area contributed by atoms with Crippen molar-refractivity contribution in [3.63, 3.8) is 0 Å². The lowest BCUT2D eigenvalue weighted by Gasteiger charge is -2.18. The van der Waals surface area contributed by atoms with Gasteiger partial charge in [0.2, 0.25) is 0 Å². The van der Waals surface area contributed by atoms with Crippen LogP contribution < -0.4 is 11.1 Å². The molecule has 102 valence electrons. The third-order valence-corrected chi connectivity index (χ3v) is 4.14. The summed E-state index contributed by atoms with van der Waals surface area (Å²) in [6.07, 6.45) is 3.91. The average Bonchev–Trinajstić information content (AvgIpc) is 3.10. The highest BCUT2D eigenvalue weighted by atomic mass is 32.1. The fourth-order valence-corrected chi connectivity index (χ4v) is 2.90. The Labute approximate surface area is 119 Å². The molecule has 1 aliphatic heterocycles. The van der Waals surface area contributed by atoms with Gasteiger partial charge in [0.25, 0.3) is 0 Å². The Kier molecular flexibility index (Phi) is 3.41. The lowest BCUT2D eigenvalue weighted by atomic mass is 10.2. The first-order chi connectivity index (χ1) is 9.13. The van der Waals surface area contributed by atoms with Gasteiger partial charge >= 0.3 is 0 Å². The second kappa shape index (κ2) is 5.06. The van der Waals surface area contributed by atoms with Crippen LogP contribution in [0.1, 0.15) is 30.5 Å². The van der Waals surface area contributed by atoms with E-state index in [4.69, 9.17) is 18.0 Å². The van der Waals surface area contributed by atoms with Crippen LogP contribution in [0, 0.1) is 6.92 Å². The number of pyridine rings is 1. The molecular formula is C14H20N4S. The molecule has 1 saturated carbocycles. The summed E-state index contributed by atoms with van der Waals surface area (Å²) in [6.45, 7) is 4.29. The highest BCUT2D eigenvalue weighted by molar-refractivity contribution is 7.80. The van der Waals surface area contributed by atoms with Crippen molar-refractivity contribution in [1.29, 1.82) is 0 Å². The molecule has 3 rings (SSSR count). The highest BCUT2D eigenvalue weighted by Crippen LogP contribution is 2.30. The third-order valence-electron chi connectivity index (χ3n) is 3.92. The standard InChI is InChI=1S/C14H20N4S/c1-9-2-5-12(13(15)19)14(16-9)17-10-6-7-18(8-10)11-3-4-11/h2,5,10-11H,3-4,6-8H2,1H3,(H2,15,19)(H,16,17). The molecule has 1 atom stereocenters.